The molecular weight excluding hydrogens is 346 g/mol. The van der Waals surface area contributed by atoms with Crippen LogP contribution in [0, 0.1) is 0 Å². The molecule has 0 aromatic heterocycles. The van der Waals surface area contributed by atoms with Gasteiger partial charge in [-0.15, -0.1) is 5.11 Å². The zero-order valence-corrected chi connectivity index (χ0v) is 15.0. The van der Waals surface area contributed by atoms with Crippen molar-refractivity contribution in [2.45, 2.75) is 25.7 Å². The third-order valence-corrected chi connectivity index (χ3v) is 4.63. The van der Waals surface area contributed by atoms with E-state index >= 15 is 0 Å². The van der Waals surface area contributed by atoms with Crippen LogP contribution in [0.4, 0.5) is 16.2 Å². The first-order valence-electron chi connectivity index (χ1n) is 9.02. The number of nitrogens with zero attached hydrogens (tertiary/aromatic N) is 3. The maximum atomic E-state index is 12.4. The number of nitrogens with one attached hydrogen (secondary N) is 1. The fourth-order valence-corrected chi connectivity index (χ4v) is 3.29. The first-order chi connectivity index (χ1) is 13.0. The molecule has 0 aliphatic carbocycles. The molecule has 0 radical (unpaired) electrons. The maximum Gasteiger partial charge on any atom is 0.356 e. The van der Waals surface area contributed by atoms with Crippen LogP contribution in [0.15, 0.2) is 40.6 Å². The Morgan fingerprint density at radius 1 is 1.15 bits per heavy atom. The Morgan fingerprint density at radius 3 is 2.67 bits per heavy atom. The Bertz CT molecular complexity index is 875. The lowest BCUT2D eigenvalue weighted by Gasteiger charge is -2.26. The number of azo groups is 1. The molecule has 1 saturated heterocycles. The smallest absolute Gasteiger partial charge is 0.356 e. The number of carbonyl (C=O) groups is 2. The van der Waals surface area contributed by atoms with E-state index < -0.39 is 6.03 Å². The van der Waals surface area contributed by atoms with E-state index in [0.717, 1.165) is 25.0 Å². The molecule has 1 heterocycles. The van der Waals surface area contributed by atoms with Crippen LogP contribution in [-0.4, -0.2) is 41.6 Å². The number of nitrogens with two attached hydrogens (primary N) is 1. The quantitative estimate of drug-likeness (QED) is 0.698. The maximum absolute atomic E-state index is 12.4. The van der Waals surface area contributed by atoms with E-state index in [9.17, 15) is 14.7 Å². The molecule has 142 valence electrons. The van der Waals surface area contributed by atoms with E-state index in [1.165, 1.54) is 25.3 Å². The fourth-order valence-electron chi connectivity index (χ4n) is 3.29. The molecule has 2 aromatic rings. The topological polar surface area (TPSA) is 120 Å². The van der Waals surface area contributed by atoms with Gasteiger partial charge >= 0.3 is 6.03 Å². The summed E-state index contributed by atoms with van der Waals surface area (Å²) in [4.78, 5) is 25.5. The lowest BCUT2D eigenvalue weighted by atomic mass is 10.1. The molecule has 8 heteroatoms. The molecule has 1 aliphatic rings. The highest BCUT2D eigenvalue weighted by atomic mass is 16.3. The number of urea groups is 1. The fraction of sp³-hybridized carbons (Fsp3) is 0.368. The number of hydrogen-bond acceptors (Lipinski definition) is 5. The van der Waals surface area contributed by atoms with E-state index in [2.05, 4.69) is 20.4 Å². The van der Waals surface area contributed by atoms with E-state index in [4.69, 9.17) is 5.73 Å². The lowest BCUT2D eigenvalue weighted by molar-refractivity contribution is -0.116. The molecule has 3 amide bonds. The monoisotopic (exact) mass is 369 g/mol. The van der Waals surface area contributed by atoms with Crippen LogP contribution in [0.25, 0.3) is 10.8 Å². The minimum Gasteiger partial charge on any atom is -0.505 e. The van der Waals surface area contributed by atoms with Crippen molar-refractivity contribution < 1.29 is 14.7 Å². The Balaban J connectivity index is 1.77. The second-order valence-corrected chi connectivity index (χ2v) is 6.58. The van der Waals surface area contributed by atoms with Crippen LogP contribution in [0.5, 0.6) is 5.75 Å². The number of rotatable bonds is 5. The van der Waals surface area contributed by atoms with Gasteiger partial charge < -0.3 is 21.1 Å². The van der Waals surface area contributed by atoms with Crippen molar-refractivity contribution in [2.24, 2.45) is 16.0 Å². The van der Waals surface area contributed by atoms with Gasteiger partial charge in [-0.2, -0.15) is 0 Å². The van der Waals surface area contributed by atoms with Crippen LogP contribution < -0.4 is 11.1 Å². The van der Waals surface area contributed by atoms with Crippen LogP contribution in [-0.2, 0) is 4.79 Å². The number of piperidine rings is 1. The van der Waals surface area contributed by atoms with Gasteiger partial charge in [-0.3, -0.25) is 4.79 Å². The van der Waals surface area contributed by atoms with Gasteiger partial charge in [0.1, 0.15) is 5.69 Å². The van der Waals surface area contributed by atoms with Crippen molar-refractivity contribution in [3.05, 3.63) is 30.3 Å². The first-order valence-corrected chi connectivity index (χ1v) is 9.02. The lowest BCUT2D eigenvalue weighted by Crippen LogP contribution is -2.32. The molecule has 3 rings (SSSR count). The van der Waals surface area contributed by atoms with Crippen molar-refractivity contribution in [1.82, 2.24) is 4.90 Å². The second-order valence-electron chi connectivity index (χ2n) is 6.58. The summed E-state index contributed by atoms with van der Waals surface area (Å²) in [5.74, 6) is -0.277. The molecule has 27 heavy (non-hydrogen) atoms. The summed E-state index contributed by atoms with van der Waals surface area (Å²) < 4.78 is 0. The Hall–Kier alpha value is -3.00. The number of hydrogen-bond donors (Lipinski definition) is 3. The highest BCUT2D eigenvalue weighted by molar-refractivity contribution is 6.06. The van der Waals surface area contributed by atoms with Crippen LogP contribution in [0.2, 0.25) is 0 Å². The number of phenols is 1. The van der Waals surface area contributed by atoms with E-state index in [1.54, 1.807) is 18.2 Å². The highest BCUT2D eigenvalue weighted by Gasteiger charge is 2.15. The van der Waals surface area contributed by atoms with Crippen molar-refractivity contribution in [3.63, 3.8) is 0 Å². The van der Waals surface area contributed by atoms with Gasteiger partial charge in [-0.05, 0) is 43.5 Å². The number of aromatic hydroxyl groups is 1. The standard InChI is InChI=1S/C19H23N5O3/c20-19(27)23-22-15-8-7-13-5-4-6-14(17(13)18(15)26)21-16(25)9-12-24-10-2-1-3-11-24/h4-8,26H,1-3,9-12H2,(H2,20,27)(H,21,25). The number of primary amides is 1. The largest absolute Gasteiger partial charge is 0.505 e. The van der Waals surface area contributed by atoms with Crippen molar-refractivity contribution >= 4 is 34.1 Å². The number of anilines is 1. The number of phenolic OH excluding ortho intramolecular Hbond substituents is 1. The Morgan fingerprint density at radius 2 is 1.93 bits per heavy atom. The average Bonchev–Trinajstić information content (AvgIpc) is 2.66. The summed E-state index contributed by atoms with van der Waals surface area (Å²) in [6.45, 7) is 2.80. The van der Waals surface area contributed by atoms with Crippen LogP contribution in [0.1, 0.15) is 25.7 Å². The van der Waals surface area contributed by atoms with Gasteiger partial charge in [-0.1, -0.05) is 29.7 Å². The van der Waals surface area contributed by atoms with Gasteiger partial charge in [0.2, 0.25) is 5.91 Å². The van der Waals surface area contributed by atoms with Gasteiger partial charge in [0.05, 0.1) is 5.69 Å². The Labute approximate surface area is 157 Å². The van der Waals surface area contributed by atoms with E-state index in [1.807, 2.05) is 6.07 Å². The van der Waals surface area contributed by atoms with E-state index in [-0.39, 0.29) is 17.3 Å². The molecule has 4 N–H and O–H groups in total. The molecule has 0 unspecified atom stereocenters. The van der Waals surface area contributed by atoms with Crippen molar-refractivity contribution in [3.8, 4) is 5.75 Å². The zero-order chi connectivity index (χ0) is 19.2. The van der Waals surface area contributed by atoms with E-state index in [0.29, 0.717) is 17.5 Å². The number of carbonyl (C=O) groups excluding carboxylic acids is 2. The molecule has 1 fully saturated rings. The summed E-state index contributed by atoms with van der Waals surface area (Å²) in [7, 11) is 0. The van der Waals surface area contributed by atoms with Crippen LogP contribution in [0.3, 0.4) is 0 Å². The minimum absolute atomic E-state index is 0.108. The first kappa shape index (κ1) is 18.8. The van der Waals surface area contributed by atoms with Gasteiger partial charge in [0, 0.05) is 18.4 Å². The molecule has 0 spiro atoms. The SMILES string of the molecule is NC(=O)N=Nc1ccc2cccc(NC(=O)CCN3CCCCC3)c2c1O. The van der Waals surface area contributed by atoms with Crippen LogP contribution >= 0.6 is 0 Å². The summed E-state index contributed by atoms with van der Waals surface area (Å²) >= 11 is 0. The summed E-state index contributed by atoms with van der Waals surface area (Å²) in [6, 6.07) is 7.64. The van der Waals surface area contributed by atoms with Gasteiger partial charge in [-0.25, -0.2) is 4.79 Å². The molecule has 1 aliphatic heterocycles. The van der Waals surface area contributed by atoms with Gasteiger partial charge in [0.15, 0.2) is 5.75 Å². The molecule has 8 nitrogen and oxygen atoms in total. The average molecular weight is 369 g/mol. The third-order valence-electron chi connectivity index (χ3n) is 4.63. The molecule has 2 aromatic carbocycles. The zero-order valence-electron chi connectivity index (χ0n) is 15.0. The predicted molar refractivity (Wildman–Crippen MR) is 103 cm³/mol. The Kier molecular flexibility index (Phi) is 5.97. The van der Waals surface area contributed by atoms with Crippen molar-refractivity contribution in [1.29, 1.82) is 0 Å². The second kappa shape index (κ2) is 8.59. The minimum atomic E-state index is -0.950. The number of fused-ring (bicyclic) bond motifs is 1. The number of benzene rings is 2. The molecule has 0 bridgehead atoms. The van der Waals surface area contributed by atoms with Crippen molar-refractivity contribution in [2.75, 3.05) is 25.0 Å². The normalized spacial score (nSPS) is 15.3. The van der Waals surface area contributed by atoms with Gasteiger partial charge in [0.25, 0.3) is 0 Å². The highest BCUT2D eigenvalue weighted by Crippen LogP contribution is 2.39. The summed E-state index contributed by atoms with van der Waals surface area (Å²) in [6.07, 6.45) is 4.01. The summed E-state index contributed by atoms with van der Waals surface area (Å²) in [5.41, 5.74) is 5.55. The molecule has 0 saturated carbocycles. The molecule has 0 atom stereocenters. The summed E-state index contributed by atoms with van der Waals surface area (Å²) in [5, 5.41) is 21.5. The number of amides is 3. The predicted octanol–water partition coefficient (Wildman–Crippen LogP) is 3.52. The third kappa shape index (κ3) is 4.79. The molecular formula is C19H23N5O3. The number of likely N-dealkylation sites (tertiary alicyclic amines) is 1.